The van der Waals surface area contributed by atoms with Crippen LogP contribution in [-0.4, -0.2) is 24.8 Å². The maximum absolute atomic E-state index is 11.8. The van der Waals surface area contributed by atoms with Gasteiger partial charge in [-0.05, 0) is 37.6 Å². The molecule has 0 aliphatic heterocycles. The van der Waals surface area contributed by atoms with Crippen LogP contribution >= 0.6 is 11.6 Å². The molecule has 0 spiro atoms. The average molecular weight is 312 g/mol. The lowest BCUT2D eigenvalue weighted by atomic mass is 10.2. The highest BCUT2D eigenvalue weighted by Gasteiger charge is 2.28. The van der Waals surface area contributed by atoms with E-state index < -0.39 is 24.8 Å². The molecule has 0 fully saturated rings. The minimum Gasteiger partial charge on any atom is -0.481 e. The van der Waals surface area contributed by atoms with Crippen LogP contribution in [0.4, 0.5) is 13.2 Å². The van der Waals surface area contributed by atoms with Crippen molar-refractivity contribution in [1.29, 1.82) is 0 Å². The molecule has 0 saturated carbocycles. The first-order valence-corrected chi connectivity index (χ1v) is 5.98. The number of aryl methyl sites for hydroxylation is 1. The maximum Gasteiger partial charge on any atom is 0.414 e. The summed E-state index contributed by atoms with van der Waals surface area (Å²) in [6, 6.07) is 4.79. The number of amides is 1. The van der Waals surface area contributed by atoms with Gasteiger partial charge in [-0.25, -0.2) is 5.48 Å². The van der Waals surface area contributed by atoms with E-state index in [-0.39, 0.29) is 0 Å². The van der Waals surface area contributed by atoms with E-state index in [2.05, 4.69) is 4.84 Å². The summed E-state index contributed by atoms with van der Waals surface area (Å²) >= 11 is 5.77. The third-order valence-electron chi connectivity index (χ3n) is 2.22. The molecule has 1 aromatic carbocycles. The van der Waals surface area contributed by atoms with Crippen LogP contribution in [0.15, 0.2) is 18.2 Å². The summed E-state index contributed by atoms with van der Waals surface area (Å²) in [5.74, 6) is -0.406. The molecular formula is C12H13ClF3NO3. The zero-order valence-corrected chi connectivity index (χ0v) is 11.5. The highest BCUT2D eigenvalue weighted by Crippen LogP contribution is 2.22. The fourth-order valence-corrected chi connectivity index (χ4v) is 1.49. The van der Waals surface area contributed by atoms with E-state index in [0.717, 1.165) is 0 Å². The Morgan fingerprint density at radius 3 is 2.65 bits per heavy atom. The number of nitrogens with one attached hydrogen (secondary N) is 1. The Balaban J connectivity index is 2.49. The van der Waals surface area contributed by atoms with Crippen molar-refractivity contribution in [3.8, 4) is 5.75 Å². The molecule has 1 rings (SSSR count). The first-order chi connectivity index (χ1) is 9.19. The van der Waals surface area contributed by atoms with Gasteiger partial charge in [0, 0.05) is 5.02 Å². The van der Waals surface area contributed by atoms with Gasteiger partial charge < -0.3 is 4.74 Å². The van der Waals surface area contributed by atoms with Crippen molar-refractivity contribution >= 4 is 17.5 Å². The van der Waals surface area contributed by atoms with Crippen molar-refractivity contribution < 1.29 is 27.5 Å². The topological polar surface area (TPSA) is 47.6 Å². The molecule has 8 heteroatoms. The Morgan fingerprint density at radius 2 is 2.10 bits per heavy atom. The Kier molecular flexibility index (Phi) is 5.64. The van der Waals surface area contributed by atoms with Gasteiger partial charge in [0.1, 0.15) is 5.75 Å². The molecule has 1 atom stereocenters. The molecule has 20 heavy (non-hydrogen) atoms. The van der Waals surface area contributed by atoms with E-state index in [9.17, 15) is 18.0 Å². The number of alkyl halides is 3. The number of carbonyl (C=O) groups is 1. The van der Waals surface area contributed by atoms with Crippen molar-refractivity contribution in [1.82, 2.24) is 5.48 Å². The number of hydrogen-bond acceptors (Lipinski definition) is 3. The lowest BCUT2D eigenvalue weighted by Crippen LogP contribution is -2.38. The largest absolute Gasteiger partial charge is 0.481 e. The number of hydroxylamine groups is 1. The lowest BCUT2D eigenvalue weighted by Gasteiger charge is -2.16. The van der Waals surface area contributed by atoms with Crippen molar-refractivity contribution in [3.63, 3.8) is 0 Å². The number of halogens is 4. The monoisotopic (exact) mass is 311 g/mol. The van der Waals surface area contributed by atoms with Crippen LogP contribution in [0.3, 0.4) is 0 Å². The summed E-state index contributed by atoms with van der Waals surface area (Å²) in [6.07, 6.45) is -5.52. The summed E-state index contributed by atoms with van der Waals surface area (Å²) in [4.78, 5) is 15.5. The van der Waals surface area contributed by atoms with Crippen molar-refractivity contribution in [2.75, 3.05) is 6.61 Å². The lowest BCUT2D eigenvalue weighted by molar-refractivity contribution is -0.193. The van der Waals surface area contributed by atoms with Crippen LogP contribution in [0.5, 0.6) is 5.75 Å². The molecule has 0 aliphatic carbocycles. The van der Waals surface area contributed by atoms with E-state index in [1.54, 1.807) is 30.6 Å². The molecular weight excluding hydrogens is 299 g/mol. The summed E-state index contributed by atoms with van der Waals surface area (Å²) in [5, 5.41) is 0.514. The second-order valence-electron chi connectivity index (χ2n) is 4.04. The highest BCUT2D eigenvalue weighted by atomic mass is 35.5. The molecule has 0 heterocycles. The fraction of sp³-hybridized carbons (Fsp3) is 0.417. The van der Waals surface area contributed by atoms with Gasteiger partial charge in [0.15, 0.2) is 12.7 Å². The SMILES string of the molecule is Cc1cc(Cl)ccc1OC(C)C(=O)NOCC(F)(F)F. The predicted molar refractivity (Wildman–Crippen MR) is 66.4 cm³/mol. The zero-order valence-electron chi connectivity index (χ0n) is 10.8. The van der Waals surface area contributed by atoms with E-state index in [0.29, 0.717) is 16.3 Å². The first-order valence-electron chi connectivity index (χ1n) is 5.60. The van der Waals surface area contributed by atoms with Crippen LogP contribution in [0.1, 0.15) is 12.5 Å². The molecule has 1 amide bonds. The summed E-state index contributed by atoms with van der Waals surface area (Å²) < 4.78 is 40.8. The second-order valence-corrected chi connectivity index (χ2v) is 4.48. The third kappa shape index (κ3) is 5.66. The molecule has 0 radical (unpaired) electrons. The molecule has 1 aromatic rings. The van der Waals surface area contributed by atoms with Gasteiger partial charge >= 0.3 is 6.18 Å². The molecule has 1 N–H and O–H groups in total. The Hall–Kier alpha value is -1.47. The standard InChI is InChI=1S/C12H13ClF3NO3/c1-7-5-9(13)3-4-10(7)20-8(2)11(18)17-19-6-12(14,15)16/h3-5,8H,6H2,1-2H3,(H,17,18). The Labute approximate surface area is 118 Å². The smallest absolute Gasteiger partial charge is 0.414 e. The number of benzene rings is 1. The molecule has 0 aliphatic rings. The molecule has 0 bridgehead atoms. The Morgan fingerprint density at radius 1 is 1.45 bits per heavy atom. The van der Waals surface area contributed by atoms with Gasteiger partial charge in [-0.15, -0.1) is 0 Å². The van der Waals surface area contributed by atoms with Gasteiger partial charge in [0.2, 0.25) is 0 Å². The normalized spacial score (nSPS) is 12.9. The Bertz CT molecular complexity index is 480. The fourth-order valence-electron chi connectivity index (χ4n) is 1.26. The first kappa shape index (κ1) is 16.6. The minimum atomic E-state index is -4.51. The van der Waals surface area contributed by atoms with Gasteiger partial charge in [-0.3, -0.25) is 9.63 Å². The van der Waals surface area contributed by atoms with Crippen LogP contribution in [-0.2, 0) is 9.63 Å². The predicted octanol–water partition coefficient (Wildman–Crippen LogP) is 3.03. The van der Waals surface area contributed by atoms with Crippen LogP contribution in [0.25, 0.3) is 0 Å². The molecule has 1 unspecified atom stereocenters. The highest BCUT2D eigenvalue weighted by molar-refractivity contribution is 6.30. The average Bonchev–Trinajstić information content (AvgIpc) is 2.30. The quantitative estimate of drug-likeness (QED) is 0.850. The van der Waals surface area contributed by atoms with Gasteiger partial charge in [0.05, 0.1) is 0 Å². The van der Waals surface area contributed by atoms with E-state index in [4.69, 9.17) is 16.3 Å². The molecule has 4 nitrogen and oxygen atoms in total. The van der Waals surface area contributed by atoms with Crippen molar-refractivity contribution in [2.24, 2.45) is 0 Å². The van der Waals surface area contributed by atoms with Crippen molar-refractivity contribution in [3.05, 3.63) is 28.8 Å². The van der Waals surface area contributed by atoms with Crippen molar-refractivity contribution in [2.45, 2.75) is 26.1 Å². The summed E-state index contributed by atoms with van der Waals surface area (Å²) in [7, 11) is 0. The molecule has 0 aromatic heterocycles. The van der Waals surface area contributed by atoms with Crippen LogP contribution in [0, 0.1) is 6.92 Å². The van der Waals surface area contributed by atoms with E-state index in [1.165, 1.54) is 6.92 Å². The molecule has 0 saturated heterocycles. The van der Waals surface area contributed by atoms with E-state index >= 15 is 0 Å². The van der Waals surface area contributed by atoms with Crippen LogP contribution in [0.2, 0.25) is 5.02 Å². The summed E-state index contributed by atoms with van der Waals surface area (Å²) in [5.41, 5.74) is 2.38. The molecule has 112 valence electrons. The maximum atomic E-state index is 11.8. The number of hydrogen-bond donors (Lipinski definition) is 1. The number of carbonyl (C=O) groups excluding carboxylic acids is 1. The van der Waals surface area contributed by atoms with Gasteiger partial charge in [-0.2, -0.15) is 13.2 Å². The summed E-state index contributed by atoms with van der Waals surface area (Å²) in [6.45, 7) is 1.55. The minimum absolute atomic E-state index is 0.410. The third-order valence-corrected chi connectivity index (χ3v) is 2.45. The number of rotatable bonds is 5. The van der Waals surface area contributed by atoms with Gasteiger partial charge in [-0.1, -0.05) is 11.6 Å². The van der Waals surface area contributed by atoms with E-state index in [1.807, 2.05) is 0 Å². The van der Waals surface area contributed by atoms with Crippen LogP contribution < -0.4 is 10.2 Å². The second kappa shape index (κ2) is 6.81. The van der Waals surface area contributed by atoms with Gasteiger partial charge in [0.25, 0.3) is 5.91 Å². The zero-order chi connectivity index (χ0) is 15.3. The number of ether oxygens (including phenoxy) is 1.